The highest BCUT2D eigenvalue weighted by Gasteiger charge is 2.27. The van der Waals surface area contributed by atoms with Crippen LogP contribution in [0.25, 0.3) is 11.4 Å². The van der Waals surface area contributed by atoms with E-state index in [-0.39, 0.29) is 5.91 Å². The molecule has 2 fully saturated rings. The smallest absolute Gasteiger partial charge is 0.241 e. The number of aromatic nitrogens is 2. The number of piperidine rings is 1. The molecule has 2 aliphatic heterocycles. The first kappa shape index (κ1) is 21.8. The van der Waals surface area contributed by atoms with Crippen molar-refractivity contribution in [1.29, 1.82) is 0 Å². The van der Waals surface area contributed by atoms with E-state index < -0.39 is 0 Å². The summed E-state index contributed by atoms with van der Waals surface area (Å²) in [7, 11) is 1.64. The fraction of sp³-hybridized carbons (Fsp3) is 0.609. The van der Waals surface area contributed by atoms with Gasteiger partial charge in [-0.05, 0) is 42.5 Å². The number of hydrogen-bond donors (Lipinski definition) is 0. The zero-order chi connectivity index (χ0) is 21.8. The number of ether oxygens (including phenoxy) is 1. The summed E-state index contributed by atoms with van der Waals surface area (Å²) in [5.41, 5.74) is 0.903. The highest BCUT2D eigenvalue weighted by atomic mass is 16.5. The molecule has 1 aromatic carbocycles. The van der Waals surface area contributed by atoms with Gasteiger partial charge in [-0.2, -0.15) is 4.98 Å². The molecule has 2 aliphatic rings. The molecule has 2 saturated heterocycles. The Morgan fingerprint density at radius 3 is 2.35 bits per heavy atom. The summed E-state index contributed by atoms with van der Waals surface area (Å²) >= 11 is 0. The molecule has 0 aliphatic carbocycles. The summed E-state index contributed by atoms with van der Waals surface area (Å²) in [6, 6.07) is 7.62. The minimum absolute atomic E-state index is 0.271. The highest BCUT2D eigenvalue weighted by molar-refractivity contribution is 5.78. The van der Waals surface area contributed by atoms with E-state index in [1.807, 2.05) is 24.3 Å². The predicted octanol–water partition coefficient (Wildman–Crippen LogP) is 2.37. The lowest BCUT2D eigenvalue weighted by Gasteiger charge is -2.38. The minimum atomic E-state index is 0.271. The second-order valence-electron chi connectivity index (χ2n) is 9.04. The second kappa shape index (κ2) is 9.78. The van der Waals surface area contributed by atoms with E-state index in [0.29, 0.717) is 36.6 Å². The zero-order valence-corrected chi connectivity index (χ0v) is 18.8. The van der Waals surface area contributed by atoms with Gasteiger partial charge in [-0.25, -0.2) is 0 Å². The lowest BCUT2D eigenvalue weighted by atomic mass is 9.92. The Labute approximate surface area is 184 Å². The van der Waals surface area contributed by atoms with Gasteiger partial charge in [-0.1, -0.05) is 19.0 Å². The quantitative estimate of drug-likeness (QED) is 0.701. The Kier molecular flexibility index (Phi) is 6.87. The van der Waals surface area contributed by atoms with Crippen molar-refractivity contribution in [2.75, 3.05) is 52.9 Å². The molecule has 3 heterocycles. The van der Waals surface area contributed by atoms with Crippen molar-refractivity contribution in [2.45, 2.75) is 26.8 Å². The van der Waals surface area contributed by atoms with E-state index in [4.69, 9.17) is 9.26 Å². The van der Waals surface area contributed by atoms with Crippen LogP contribution in [0.5, 0.6) is 5.75 Å². The molecule has 1 amide bonds. The van der Waals surface area contributed by atoms with Crippen molar-refractivity contribution in [3.05, 3.63) is 30.2 Å². The number of rotatable bonds is 6. The van der Waals surface area contributed by atoms with E-state index in [1.54, 1.807) is 7.11 Å². The molecule has 0 unspecified atom stereocenters. The van der Waals surface area contributed by atoms with Crippen LogP contribution in [-0.2, 0) is 11.3 Å². The van der Waals surface area contributed by atoms with E-state index in [1.165, 1.54) is 6.42 Å². The van der Waals surface area contributed by atoms with Crippen molar-refractivity contribution in [1.82, 2.24) is 24.8 Å². The number of methoxy groups -OCH3 is 1. The Balaban J connectivity index is 1.24. The third-order valence-electron chi connectivity index (χ3n) is 6.22. The first-order valence-electron chi connectivity index (χ1n) is 11.2. The molecule has 0 saturated carbocycles. The average Bonchev–Trinajstić information content (AvgIpc) is 3.23. The monoisotopic (exact) mass is 427 g/mol. The van der Waals surface area contributed by atoms with Crippen molar-refractivity contribution in [3.63, 3.8) is 0 Å². The fourth-order valence-corrected chi connectivity index (χ4v) is 4.63. The van der Waals surface area contributed by atoms with Gasteiger partial charge in [0.15, 0.2) is 0 Å². The third-order valence-corrected chi connectivity index (χ3v) is 6.22. The number of amides is 1. The summed E-state index contributed by atoms with van der Waals surface area (Å²) in [4.78, 5) is 23.9. The van der Waals surface area contributed by atoms with Gasteiger partial charge in [0.25, 0.3) is 0 Å². The Hall–Kier alpha value is -2.45. The number of carbonyl (C=O) groups excluding carboxylic acids is 1. The van der Waals surface area contributed by atoms with Gasteiger partial charge in [-0.15, -0.1) is 0 Å². The van der Waals surface area contributed by atoms with E-state index in [0.717, 1.165) is 50.6 Å². The van der Waals surface area contributed by atoms with E-state index in [2.05, 4.69) is 38.7 Å². The molecule has 4 rings (SSSR count). The normalized spacial score (nSPS) is 23.1. The summed E-state index contributed by atoms with van der Waals surface area (Å²) in [6.45, 7) is 11.0. The summed E-state index contributed by atoms with van der Waals surface area (Å²) in [6.07, 6.45) is 1.22. The van der Waals surface area contributed by atoms with Gasteiger partial charge in [0, 0.05) is 44.8 Å². The summed E-state index contributed by atoms with van der Waals surface area (Å²) < 4.78 is 10.6. The van der Waals surface area contributed by atoms with Gasteiger partial charge in [0.2, 0.25) is 17.6 Å². The Morgan fingerprint density at radius 2 is 1.71 bits per heavy atom. The van der Waals surface area contributed by atoms with Crippen LogP contribution in [0, 0.1) is 11.8 Å². The third kappa shape index (κ3) is 5.62. The van der Waals surface area contributed by atoms with Crippen LogP contribution >= 0.6 is 0 Å². The summed E-state index contributed by atoms with van der Waals surface area (Å²) in [5, 5.41) is 4.11. The lowest BCUT2D eigenvalue weighted by molar-refractivity contribution is -0.135. The summed E-state index contributed by atoms with van der Waals surface area (Å²) in [5.74, 6) is 3.48. The zero-order valence-electron chi connectivity index (χ0n) is 18.8. The average molecular weight is 428 g/mol. The molecule has 168 valence electrons. The molecule has 8 heteroatoms. The first-order valence-corrected chi connectivity index (χ1v) is 11.2. The van der Waals surface area contributed by atoms with Crippen LogP contribution in [0.3, 0.4) is 0 Å². The molecule has 31 heavy (non-hydrogen) atoms. The van der Waals surface area contributed by atoms with Gasteiger partial charge >= 0.3 is 0 Å². The molecular formula is C23H33N5O3. The fourth-order valence-electron chi connectivity index (χ4n) is 4.63. The second-order valence-corrected chi connectivity index (χ2v) is 9.04. The number of hydrogen-bond acceptors (Lipinski definition) is 7. The molecule has 0 N–H and O–H groups in total. The minimum Gasteiger partial charge on any atom is -0.497 e. The molecule has 8 nitrogen and oxygen atoms in total. The number of carbonyl (C=O) groups is 1. The van der Waals surface area contributed by atoms with Crippen LogP contribution in [0.15, 0.2) is 28.8 Å². The number of piperazine rings is 1. The van der Waals surface area contributed by atoms with Crippen molar-refractivity contribution in [3.8, 4) is 17.1 Å². The lowest BCUT2D eigenvalue weighted by Crippen LogP contribution is -2.51. The van der Waals surface area contributed by atoms with E-state index in [9.17, 15) is 4.79 Å². The number of benzene rings is 1. The largest absolute Gasteiger partial charge is 0.497 e. The number of nitrogens with zero attached hydrogens (tertiary/aromatic N) is 5. The van der Waals surface area contributed by atoms with Crippen LogP contribution < -0.4 is 4.74 Å². The SMILES string of the molecule is COc1ccc(-c2noc(CN3CCN(CC(=O)N4C[C@H](C)C[C@H](C)C4)CC3)n2)cc1. The standard InChI is InChI=1S/C23H33N5O3/c1-17-12-18(2)14-28(13-17)22(29)16-27-10-8-26(9-11-27)15-21-24-23(25-31-21)19-4-6-20(30-3)7-5-19/h4-7,17-18H,8-16H2,1-3H3/t17-,18+. The molecule has 2 atom stereocenters. The maximum Gasteiger partial charge on any atom is 0.241 e. The highest BCUT2D eigenvalue weighted by Crippen LogP contribution is 2.22. The maximum atomic E-state index is 12.7. The van der Waals surface area contributed by atoms with Gasteiger partial charge < -0.3 is 14.2 Å². The molecule has 0 spiro atoms. The molecule has 2 aromatic rings. The Bertz CT molecular complexity index is 850. The van der Waals surface area contributed by atoms with Gasteiger partial charge in [0.05, 0.1) is 20.2 Å². The molecular weight excluding hydrogens is 394 g/mol. The van der Waals surface area contributed by atoms with Crippen LogP contribution in [-0.4, -0.2) is 83.7 Å². The molecule has 1 aromatic heterocycles. The Morgan fingerprint density at radius 1 is 1.06 bits per heavy atom. The van der Waals surface area contributed by atoms with E-state index >= 15 is 0 Å². The molecule has 0 bridgehead atoms. The van der Waals surface area contributed by atoms with Crippen LogP contribution in [0.2, 0.25) is 0 Å². The van der Waals surface area contributed by atoms with Crippen molar-refractivity contribution < 1.29 is 14.1 Å². The maximum absolute atomic E-state index is 12.7. The van der Waals surface area contributed by atoms with Crippen LogP contribution in [0.1, 0.15) is 26.2 Å². The molecule has 0 radical (unpaired) electrons. The van der Waals surface area contributed by atoms with Gasteiger partial charge in [0.1, 0.15) is 5.75 Å². The first-order chi connectivity index (χ1) is 15.0. The topological polar surface area (TPSA) is 74.9 Å². The van der Waals surface area contributed by atoms with Gasteiger partial charge in [-0.3, -0.25) is 14.6 Å². The number of likely N-dealkylation sites (tertiary alicyclic amines) is 1. The predicted molar refractivity (Wildman–Crippen MR) is 118 cm³/mol. The van der Waals surface area contributed by atoms with Crippen molar-refractivity contribution in [2.24, 2.45) is 11.8 Å². The van der Waals surface area contributed by atoms with Crippen LogP contribution in [0.4, 0.5) is 0 Å². The van der Waals surface area contributed by atoms with Crippen molar-refractivity contribution >= 4 is 5.91 Å².